The molecule has 1 N–H and O–H groups in total. The number of hydrogen-bond acceptors (Lipinski definition) is 3. The first-order valence-corrected chi connectivity index (χ1v) is 6.58. The molecule has 0 aromatic heterocycles. The van der Waals surface area contributed by atoms with Crippen molar-refractivity contribution < 1.29 is 22.7 Å². The van der Waals surface area contributed by atoms with Crippen molar-refractivity contribution >= 4 is 5.91 Å². The number of amides is 1. The van der Waals surface area contributed by atoms with E-state index in [1.807, 2.05) is 0 Å². The SMILES string of the molecule is O=C1CC2(CCN(CCC(F)(F)F)CC2)OCCN1. The molecule has 1 spiro atoms. The number of carbonyl (C=O) groups excluding carboxylic acids is 1. The van der Waals surface area contributed by atoms with Gasteiger partial charge in [0.2, 0.25) is 5.91 Å². The van der Waals surface area contributed by atoms with E-state index in [0.29, 0.717) is 45.5 Å². The Balaban J connectivity index is 1.82. The van der Waals surface area contributed by atoms with E-state index in [2.05, 4.69) is 5.32 Å². The van der Waals surface area contributed by atoms with Gasteiger partial charge in [-0.1, -0.05) is 0 Å². The average molecular weight is 280 g/mol. The maximum Gasteiger partial charge on any atom is 0.390 e. The number of carbonyl (C=O) groups is 1. The van der Waals surface area contributed by atoms with Crippen molar-refractivity contribution in [2.75, 3.05) is 32.8 Å². The zero-order chi connectivity index (χ0) is 13.9. The molecular formula is C12H19F3N2O2. The predicted octanol–water partition coefficient (Wildman–Crippen LogP) is 1.31. The van der Waals surface area contributed by atoms with E-state index in [-0.39, 0.29) is 12.5 Å². The van der Waals surface area contributed by atoms with Crippen LogP contribution in [0.1, 0.15) is 25.7 Å². The molecule has 2 fully saturated rings. The maximum absolute atomic E-state index is 12.2. The van der Waals surface area contributed by atoms with Gasteiger partial charge in [0.15, 0.2) is 0 Å². The summed E-state index contributed by atoms with van der Waals surface area (Å²) >= 11 is 0. The Hall–Kier alpha value is -0.820. The summed E-state index contributed by atoms with van der Waals surface area (Å²) in [7, 11) is 0. The van der Waals surface area contributed by atoms with Gasteiger partial charge in [0, 0.05) is 26.2 Å². The second-order valence-electron chi connectivity index (χ2n) is 5.27. The third-order valence-corrected chi connectivity index (χ3v) is 3.79. The summed E-state index contributed by atoms with van der Waals surface area (Å²) in [6.07, 6.45) is -3.31. The average Bonchev–Trinajstić information content (AvgIpc) is 2.50. The van der Waals surface area contributed by atoms with Crippen LogP contribution in [0, 0.1) is 0 Å². The van der Waals surface area contributed by atoms with Crippen LogP contribution in [0.15, 0.2) is 0 Å². The molecule has 2 heterocycles. The highest BCUT2D eigenvalue weighted by molar-refractivity contribution is 5.77. The summed E-state index contributed by atoms with van der Waals surface area (Å²) in [6.45, 7) is 2.14. The third kappa shape index (κ3) is 4.35. The van der Waals surface area contributed by atoms with Gasteiger partial charge in [-0.25, -0.2) is 0 Å². The standard InChI is InChI=1S/C12H19F3N2O2/c13-12(14,15)3-7-17-5-1-11(2-6-17)9-10(18)16-4-8-19-11/h1-9H2,(H,16,18). The summed E-state index contributed by atoms with van der Waals surface area (Å²) in [6, 6.07) is 0. The highest BCUT2D eigenvalue weighted by Crippen LogP contribution is 2.31. The molecular weight excluding hydrogens is 261 g/mol. The lowest BCUT2D eigenvalue weighted by molar-refractivity contribution is -0.142. The Labute approximate surface area is 110 Å². The largest absolute Gasteiger partial charge is 0.390 e. The van der Waals surface area contributed by atoms with Crippen LogP contribution in [-0.2, 0) is 9.53 Å². The summed E-state index contributed by atoms with van der Waals surface area (Å²) < 4.78 is 42.2. The van der Waals surface area contributed by atoms with Gasteiger partial charge in [-0.3, -0.25) is 4.79 Å². The van der Waals surface area contributed by atoms with Crippen LogP contribution in [0.5, 0.6) is 0 Å². The molecule has 2 aliphatic rings. The lowest BCUT2D eigenvalue weighted by Crippen LogP contribution is -2.47. The van der Waals surface area contributed by atoms with E-state index in [0.717, 1.165) is 0 Å². The lowest BCUT2D eigenvalue weighted by Gasteiger charge is -2.40. The van der Waals surface area contributed by atoms with Crippen LogP contribution >= 0.6 is 0 Å². The first-order valence-electron chi connectivity index (χ1n) is 6.58. The van der Waals surface area contributed by atoms with Crippen molar-refractivity contribution in [3.63, 3.8) is 0 Å². The number of alkyl halides is 3. The summed E-state index contributed by atoms with van der Waals surface area (Å²) in [5.74, 6) is -0.0266. The molecule has 1 amide bonds. The highest BCUT2D eigenvalue weighted by atomic mass is 19.4. The van der Waals surface area contributed by atoms with E-state index < -0.39 is 18.2 Å². The molecule has 0 radical (unpaired) electrons. The Morgan fingerprint density at radius 3 is 2.63 bits per heavy atom. The number of piperidine rings is 1. The Kier molecular flexibility index (Phi) is 4.35. The molecule has 0 saturated carbocycles. The van der Waals surface area contributed by atoms with Crippen molar-refractivity contribution in [2.24, 2.45) is 0 Å². The molecule has 4 nitrogen and oxygen atoms in total. The predicted molar refractivity (Wildman–Crippen MR) is 62.7 cm³/mol. The molecule has 0 aromatic carbocycles. The minimum Gasteiger partial charge on any atom is -0.373 e. The Bertz CT molecular complexity index is 325. The zero-order valence-electron chi connectivity index (χ0n) is 10.8. The first kappa shape index (κ1) is 14.6. The fraction of sp³-hybridized carbons (Fsp3) is 0.917. The van der Waals surface area contributed by atoms with E-state index >= 15 is 0 Å². The first-order chi connectivity index (χ1) is 8.89. The second kappa shape index (κ2) is 5.66. The zero-order valence-corrected chi connectivity index (χ0v) is 10.8. The molecule has 2 saturated heterocycles. The van der Waals surface area contributed by atoms with Gasteiger partial charge in [0.1, 0.15) is 0 Å². The van der Waals surface area contributed by atoms with Crippen LogP contribution < -0.4 is 5.32 Å². The fourth-order valence-corrected chi connectivity index (χ4v) is 2.65. The van der Waals surface area contributed by atoms with Crippen LogP contribution in [0.4, 0.5) is 13.2 Å². The van der Waals surface area contributed by atoms with E-state index in [1.54, 1.807) is 4.90 Å². The number of nitrogens with zero attached hydrogens (tertiary/aromatic N) is 1. The normalized spacial score (nSPS) is 25.1. The summed E-state index contributed by atoms with van der Waals surface area (Å²) in [5, 5.41) is 2.75. The van der Waals surface area contributed by atoms with Crippen molar-refractivity contribution in [1.82, 2.24) is 10.2 Å². The molecule has 0 aromatic rings. The van der Waals surface area contributed by atoms with E-state index in [4.69, 9.17) is 4.74 Å². The monoisotopic (exact) mass is 280 g/mol. The number of halogens is 3. The van der Waals surface area contributed by atoms with Crippen molar-refractivity contribution in [3.8, 4) is 0 Å². The summed E-state index contributed by atoms with van der Waals surface area (Å²) in [5.41, 5.74) is -0.463. The molecule has 2 rings (SSSR count). The topological polar surface area (TPSA) is 41.6 Å². The smallest absolute Gasteiger partial charge is 0.373 e. The molecule has 110 valence electrons. The molecule has 7 heteroatoms. The minimum absolute atomic E-state index is 0.0266. The van der Waals surface area contributed by atoms with Gasteiger partial charge in [-0.05, 0) is 12.8 Å². The maximum atomic E-state index is 12.2. The second-order valence-corrected chi connectivity index (χ2v) is 5.27. The molecule has 0 unspecified atom stereocenters. The quantitative estimate of drug-likeness (QED) is 0.829. The molecule has 0 atom stereocenters. The van der Waals surface area contributed by atoms with Gasteiger partial charge in [0.25, 0.3) is 0 Å². The van der Waals surface area contributed by atoms with Crippen molar-refractivity contribution in [3.05, 3.63) is 0 Å². The van der Waals surface area contributed by atoms with Gasteiger partial charge >= 0.3 is 6.18 Å². The Morgan fingerprint density at radius 1 is 1.32 bits per heavy atom. The van der Waals surface area contributed by atoms with Crippen LogP contribution in [-0.4, -0.2) is 55.4 Å². The van der Waals surface area contributed by atoms with E-state index in [1.165, 1.54) is 0 Å². The number of nitrogens with one attached hydrogen (secondary N) is 1. The van der Waals surface area contributed by atoms with Gasteiger partial charge in [-0.2, -0.15) is 13.2 Å². The van der Waals surface area contributed by atoms with Crippen LogP contribution in [0.2, 0.25) is 0 Å². The number of likely N-dealkylation sites (tertiary alicyclic amines) is 1. The molecule has 0 bridgehead atoms. The summed E-state index contributed by atoms with van der Waals surface area (Å²) in [4.78, 5) is 13.3. The minimum atomic E-state index is -4.10. The van der Waals surface area contributed by atoms with Crippen LogP contribution in [0.3, 0.4) is 0 Å². The van der Waals surface area contributed by atoms with Gasteiger partial charge < -0.3 is 15.0 Å². The fourth-order valence-electron chi connectivity index (χ4n) is 2.65. The van der Waals surface area contributed by atoms with Gasteiger partial charge in [0.05, 0.1) is 25.0 Å². The highest BCUT2D eigenvalue weighted by Gasteiger charge is 2.39. The number of ether oxygens (including phenoxy) is 1. The molecule has 2 aliphatic heterocycles. The van der Waals surface area contributed by atoms with Crippen molar-refractivity contribution in [1.29, 1.82) is 0 Å². The van der Waals surface area contributed by atoms with Gasteiger partial charge in [-0.15, -0.1) is 0 Å². The third-order valence-electron chi connectivity index (χ3n) is 3.79. The lowest BCUT2D eigenvalue weighted by atomic mass is 9.87. The molecule has 0 aliphatic carbocycles. The number of hydrogen-bond donors (Lipinski definition) is 1. The van der Waals surface area contributed by atoms with E-state index in [9.17, 15) is 18.0 Å². The Morgan fingerprint density at radius 2 is 2.00 bits per heavy atom. The van der Waals surface area contributed by atoms with Crippen molar-refractivity contribution in [2.45, 2.75) is 37.5 Å². The number of rotatable bonds is 2. The van der Waals surface area contributed by atoms with Crippen LogP contribution in [0.25, 0.3) is 0 Å². The molecule has 19 heavy (non-hydrogen) atoms.